The van der Waals surface area contributed by atoms with Crippen molar-refractivity contribution in [2.24, 2.45) is 11.8 Å². The molecule has 1 heterocycles. The molecule has 2 saturated carbocycles. The quantitative estimate of drug-likeness (QED) is 0.727. The van der Waals surface area contributed by atoms with Crippen molar-refractivity contribution in [1.29, 1.82) is 0 Å². The van der Waals surface area contributed by atoms with E-state index >= 15 is 0 Å². The summed E-state index contributed by atoms with van der Waals surface area (Å²) in [6.45, 7) is 1.05. The molecule has 16 heavy (non-hydrogen) atoms. The Hall–Kier alpha value is -0.220. The zero-order valence-corrected chi connectivity index (χ0v) is 9.94. The van der Waals surface area contributed by atoms with E-state index < -0.39 is 5.92 Å². The molecule has 1 aliphatic heterocycles. The molecule has 2 aliphatic carbocycles. The Morgan fingerprint density at radius 3 is 2.00 bits per heavy atom. The van der Waals surface area contributed by atoms with Crippen LogP contribution in [0.2, 0.25) is 0 Å². The number of piperidine rings is 1. The Morgan fingerprint density at radius 2 is 1.69 bits per heavy atom. The predicted molar refractivity (Wildman–Crippen MR) is 62.8 cm³/mol. The summed E-state index contributed by atoms with van der Waals surface area (Å²) < 4.78 is 24.4. The number of rotatable bonds is 1. The number of alkyl halides is 2. The van der Waals surface area contributed by atoms with Gasteiger partial charge < -0.3 is 10.6 Å². The molecule has 0 aromatic heterocycles. The first kappa shape index (κ1) is 12.2. The Labute approximate surface area is 97.7 Å². The minimum Gasteiger partial charge on any atom is -0.317 e. The van der Waals surface area contributed by atoms with Gasteiger partial charge in [-0.1, -0.05) is 19.3 Å². The minimum absolute atomic E-state index is 0. The summed E-state index contributed by atoms with van der Waals surface area (Å²) in [7, 11) is 2.07. The van der Waals surface area contributed by atoms with Crippen LogP contribution in [0.4, 0.5) is 8.78 Å². The number of fused-ring (bicyclic) bond motifs is 1. The van der Waals surface area contributed by atoms with E-state index in [0.29, 0.717) is 13.1 Å². The fraction of sp³-hybridized carbons (Fsp3) is 1.00. The van der Waals surface area contributed by atoms with Crippen molar-refractivity contribution in [2.45, 2.75) is 44.1 Å². The maximum Gasteiger partial charge on any atom is 0.257 e. The molecule has 0 radical (unpaired) electrons. The van der Waals surface area contributed by atoms with E-state index in [4.69, 9.17) is 0 Å². The summed E-state index contributed by atoms with van der Waals surface area (Å²) in [6.07, 6.45) is 7.13. The van der Waals surface area contributed by atoms with E-state index in [9.17, 15) is 8.78 Å². The van der Waals surface area contributed by atoms with Crippen molar-refractivity contribution in [3.63, 3.8) is 0 Å². The summed E-state index contributed by atoms with van der Waals surface area (Å²) in [6, 6.07) is 0.837. The monoisotopic (exact) mass is 234 g/mol. The van der Waals surface area contributed by atoms with Gasteiger partial charge in [0.1, 0.15) is 0 Å². The smallest absolute Gasteiger partial charge is 0.257 e. The molecule has 2 nitrogen and oxygen atoms in total. The maximum atomic E-state index is 12.2. The van der Waals surface area contributed by atoms with Gasteiger partial charge in [-0.2, -0.15) is 0 Å². The molecule has 4 heteroatoms. The predicted octanol–water partition coefficient (Wildman–Crippen LogP) is 2.26. The third kappa shape index (κ3) is 2.54. The zero-order valence-electron chi connectivity index (χ0n) is 9.94. The Morgan fingerprint density at radius 1 is 1.12 bits per heavy atom. The highest BCUT2D eigenvalue weighted by Crippen LogP contribution is 2.56. The highest BCUT2D eigenvalue weighted by molar-refractivity contribution is 5.11. The van der Waals surface area contributed by atoms with Gasteiger partial charge in [0.05, 0.1) is 0 Å². The van der Waals surface area contributed by atoms with Crippen molar-refractivity contribution in [2.75, 3.05) is 20.1 Å². The fourth-order valence-electron chi connectivity index (χ4n) is 2.80. The molecule has 3 rings (SSSR count). The van der Waals surface area contributed by atoms with Crippen molar-refractivity contribution in [3.8, 4) is 0 Å². The van der Waals surface area contributed by atoms with Crippen LogP contribution < -0.4 is 10.6 Å². The summed E-state index contributed by atoms with van der Waals surface area (Å²) >= 11 is 0. The lowest BCUT2D eigenvalue weighted by Crippen LogP contribution is -2.26. The summed E-state index contributed by atoms with van der Waals surface area (Å²) in [5.74, 6) is -2.93. The van der Waals surface area contributed by atoms with E-state index in [1.54, 1.807) is 0 Å². The van der Waals surface area contributed by atoms with E-state index in [1.165, 1.54) is 32.1 Å². The normalized spacial score (nSPS) is 36.2. The van der Waals surface area contributed by atoms with E-state index in [1.807, 2.05) is 0 Å². The van der Waals surface area contributed by atoms with Crippen LogP contribution in [-0.2, 0) is 0 Å². The van der Waals surface area contributed by atoms with Crippen LogP contribution in [0, 0.1) is 11.8 Å². The number of halogens is 2. The lowest BCUT2D eigenvalue weighted by molar-refractivity contribution is 0.0763. The zero-order chi connectivity index (χ0) is 11.6. The molecule has 0 amide bonds. The molecular formula is C12H24F2N2. The lowest BCUT2D eigenvalue weighted by Gasteiger charge is -2.20. The maximum absolute atomic E-state index is 12.2. The lowest BCUT2D eigenvalue weighted by atomic mass is 9.96. The Balaban J connectivity index is 0.000000161. The van der Waals surface area contributed by atoms with Gasteiger partial charge in [-0.15, -0.1) is 0 Å². The van der Waals surface area contributed by atoms with Crippen LogP contribution in [0.1, 0.15) is 33.5 Å². The summed E-state index contributed by atoms with van der Waals surface area (Å²) in [4.78, 5) is 0. The Kier molecular flexibility index (Phi) is 3.80. The standard InChI is InChI=1S/C7H15N.C5H7F2N.H2/c1-8-7-5-3-2-4-6-7;6-5(7)3-1-8-2-4(3)5;/h7-8H,2-6H2,1H3;3-4,8H,1-2H2;1H. The SMILES string of the molecule is CNC1CCCCC1.FC1(F)C2CNCC21.[HH]. The molecule has 1 saturated heterocycles. The molecule has 3 aliphatic rings. The third-order valence-corrected chi connectivity index (χ3v) is 4.11. The van der Waals surface area contributed by atoms with Crippen LogP contribution >= 0.6 is 0 Å². The third-order valence-electron chi connectivity index (χ3n) is 4.11. The van der Waals surface area contributed by atoms with Gasteiger partial charge in [0.15, 0.2) is 0 Å². The summed E-state index contributed by atoms with van der Waals surface area (Å²) in [5.41, 5.74) is 0. The number of hydrogen-bond donors (Lipinski definition) is 2. The molecular weight excluding hydrogens is 210 g/mol. The Bertz CT molecular complexity index is 221. The van der Waals surface area contributed by atoms with Crippen LogP contribution in [0.5, 0.6) is 0 Å². The van der Waals surface area contributed by atoms with Crippen molar-refractivity contribution in [3.05, 3.63) is 0 Å². The van der Waals surface area contributed by atoms with E-state index in [0.717, 1.165) is 6.04 Å². The van der Waals surface area contributed by atoms with Gasteiger partial charge in [-0.25, -0.2) is 8.78 Å². The molecule has 2 N–H and O–H groups in total. The van der Waals surface area contributed by atoms with Gasteiger partial charge in [0.2, 0.25) is 0 Å². The average molecular weight is 234 g/mol. The van der Waals surface area contributed by atoms with Gasteiger partial charge in [-0.3, -0.25) is 0 Å². The van der Waals surface area contributed by atoms with Gasteiger partial charge in [-0.05, 0) is 19.9 Å². The van der Waals surface area contributed by atoms with Crippen molar-refractivity contribution < 1.29 is 10.2 Å². The number of nitrogens with one attached hydrogen (secondary N) is 2. The molecule has 0 bridgehead atoms. The second kappa shape index (κ2) is 4.96. The molecule has 0 aromatic carbocycles. The first-order valence-corrected chi connectivity index (χ1v) is 6.42. The van der Waals surface area contributed by atoms with Crippen LogP contribution in [-0.4, -0.2) is 32.1 Å². The molecule has 2 unspecified atom stereocenters. The second-order valence-corrected chi connectivity index (χ2v) is 5.17. The van der Waals surface area contributed by atoms with Crippen LogP contribution in [0.15, 0.2) is 0 Å². The van der Waals surface area contributed by atoms with Gasteiger partial charge in [0.25, 0.3) is 5.92 Å². The molecule has 3 fully saturated rings. The van der Waals surface area contributed by atoms with Crippen LogP contribution in [0.3, 0.4) is 0 Å². The van der Waals surface area contributed by atoms with Gasteiger partial charge in [0, 0.05) is 32.4 Å². The van der Waals surface area contributed by atoms with Crippen LogP contribution in [0.25, 0.3) is 0 Å². The van der Waals surface area contributed by atoms with Gasteiger partial charge >= 0.3 is 0 Å². The van der Waals surface area contributed by atoms with E-state index in [2.05, 4.69) is 17.7 Å². The van der Waals surface area contributed by atoms with Crippen molar-refractivity contribution in [1.82, 2.24) is 10.6 Å². The largest absolute Gasteiger partial charge is 0.317 e. The molecule has 96 valence electrons. The second-order valence-electron chi connectivity index (χ2n) is 5.17. The highest BCUT2D eigenvalue weighted by atomic mass is 19.3. The first-order chi connectivity index (χ1) is 7.66. The topological polar surface area (TPSA) is 24.1 Å². The average Bonchev–Trinajstić information content (AvgIpc) is 2.75. The molecule has 0 aromatic rings. The summed E-state index contributed by atoms with van der Waals surface area (Å²) in [5, 5.41) is 6.20. The first-order valence-electron chi connectivity index (χ1n) is 6.42. The highest BCUT2D eigenvalue weighted by Gasteiger charge is 2.69. The minimum atomic E-state index is -2.30. The molecule has 0 spiro atoms. The fourth-order valence-corrected chi connectivity index (χ4v) is 2.80. The number of hydrogen-bond acceptors (Lipinski definition) is 2. The van der Waals surface area contributed by atoms with E-state index in [-0.39, 0.29) is 13.3 Å². The van der Waals surface area contributed by atoms with Crippen molar-refractivity contribution >= 4 is 0 Å². The molecule has 2 atom stereocenters.